The molecular formula is C15H16N4. The zero-order valence-electron chi connectivity index (χ0n) is 10.7. The third kappa shape index (κ3) is 1.84. The van der Waals surface area contributed by atoms with Crippen LogP contribution in [0.15, 0.2) is 36.9 Å². The third-order valence-corrected chi connectivity index (χ3v) is 4.03. The van der Waals surface area contributed by atoms with Crippen molar-refractivity contribution in [2.75, 3.05) is 0 Å². The summed E-state index contributed by atoms with van der Waals surface area (Å²) in [5.41, 5.74) is 3.23. The lowest BCUT2D eigenvalue weighted by Gasteiger charge is -2.08. The number of nitrogens with zero attached hydrogens (tertiary/aromatic N) is 3. The average molecular weight is 252 g/mol. The lowest BCUT2D eigenvalue weighted by Crippen LogP contribution is -2.04. The number of H-pyrrole nitrogens is 1. The average Bonchev–Trinajstić information content (AvgIpc) is 3.18. The Balaban J connectivity index is 1.70. The van der Waals surface area contributed by atoms with E-state index < -0.39 is 0 Å². The Morgan fingerprint density at radius 3 is 2.95 bits per heavy atom. The smallest absolute Gasteiger partial charge is 0.137 e. The molecule has 0 saturated heterocycles. The molecule has 19 heavy (non-hydrogen) atoms. The highest BCUT2D eigenvalue weighted by Crippen LogP contribution is 2.30. The van der Waals surface area contributed by atoms with Crippen LogP contribution in [0, 0.1) is 0 Å². The van der Waals surface area contributed by atoms with E-state index in [0.29, 0.717) is 6.04 Å². The van der Waals surface area contributed by atoms with Gasteiger partial charge in [0.15, 0.2) is 0 Å². The van der Waals surface area contributed by atoms with Crippen LogP contribution in [0.2, 0.25) is 0 Å². The van der Waals surface area contributed by atoms with E-state index in [-0.39, 0.29) is 0 Å². The first-order valence-corrected chi connectivity index (χ1v) is 6.88. The summed E-state index contributed by atoms with van der Waals surface area (Å²) in [6.07, 6.45) is 13.1. The van der Waals surface area contributed by atoms with E-state index >= 15 is 0 Å². The summed E-state index contributed by atoms with van der Waals surface area (Å²) in [5, 5.41) is 5.67. The van der Waals surface area contributed by atoms with Crippen LogP contribution in [0.5, 0.6) is 0 Å². The fourth-order valence-electron chi connectivity index (χ4n) is 2.95. The molecule has 4 rings (SSSR count). The summed E-state index contributed by atoms with van der Waals surface area (Å²) < 4.78 is 2.13. The fourth-order valence-corrected chi connectivity index (χ4v) is 2.95. The number of aromatic nitrogens is 4. The molecule has 1 N–H and O–H groups in total. The van der Waals surface area contributed by atoms with E-state index in [4.69, 9.17) is 0 Å². The zero-order valence-corrected chi connectivity index (χ0v) is 10.7. The molecule has 1 aliphatic carbocycles. The minimum absolute atomic E-state index is 0.595. The van der Waals surface area contributed by atoms with Crippen molar-refractivity contribution >= 4 is 11.0 Å². The maximum Gasteiger partial charge on any atom is 0.137 e. The van der Waals surface area contributed by atoms with Crippen molar-refractivity contribution < 1.29 is 0 Å². The minimum atomic E-state index is 0.595. The Morgan fingerprint density at radius 1 is 1.16 bits per heavy atom. The number of rotatable bonds is 2. The molecule has 0 aliphatic heterocycles. The number of hydrogen-bond acceptors (Lipinski definition) is 2. The van der Waals surface area contributed by atoms with E-state index in [0.717, 1.165) is 22.2 Å². The fraction of sp³-hybridized carbons (Fsp3) is 0.333. The molecule has 0 amide bonds. The van der Waals surface area contributed by atoms with Crippen LogP contribution in [0.1, 0.15) is 31.7 Å². The maximum atomic E-state index is 4.52. The molecule has 0 atom stereocenters. The van der Waals surface area contributed by atoms with E-state index in [1.54, 1.807) is 0 Å². The van der Waals surface area contributed by atoms with E-state index in [1.165, 1.54) is 25.7 Å². The van der Waals surface area contributed by atoms with Gasteiger partial charge >= 0.3 is 0 Å². The van der Waals surface area contributed by atoms with Crippen LogP contribution in [-0.2, 0) is 0 Å². The summed E-state index contributed by atoms with van der Waals surface area (Å²) >= 11 is 0. The molecule has 1 fully saturated rings. The molecule has 96 valence electrons. The van der Waals surface area contributed by atoms with Crippen molar-refractivity contribution in [2.45, 2.75) is 31.7 Å². The molecule has 1 aliphatic rings. The first-order valence-electron chi connectivity index (χ1n) is 6.88. The zero-order chi connectivity index (χ0) is 12.7. The Labute approximate surface area is 111 Å². The number of aromatic amines is 1. The number of pyridine rings is 1. The quantitative estimate of drug-likeness (QED) is 0.758. The van der Waals surface area contributed by atoms with Crippen LogP contribution < -0.4 is 0 Å². The summed E-state index contributed by atoms with van der Waals surface area (Å²) in [4.78, 5) is 7.55. The largest absolute Gasteiger partial charge is 0.346 e. The summed E-state index contributed by atoms with van der Waals surface area (Å²) in [6, 6.07) is 4.81. The van der Waals surface area contributed by atoms with Gasteiger partial charge in [0.25, 0.3) is 0 Å². The molecular weight excluding hydrogens is 236 g/mol. The third-order valence-electron chi connectivity index (χ3n) is 4.03. The highest BCUT2D eigenvalue weighted by molar-refractivity contribution is 5.80. The molecule has 3 aromatic heterocycles. The van der Waals surface area contributed by atoms with E-state index in [2.05, 4.69) is 32.0 Å². The van der Waals surface area contributed by atoms with Gasteiger partial charge in [-0.25, -0.2) is 4.98 Å². The number of hydrogen-bond donors (Lipinski definition) is 1. The van der Waals surface area contributed by atoms with Gasteiger partial charge in [-0.15, -0.1) is 0 Å². The van der Waals surface area contributed by atoms with Crippen molar-refractivity contribution in [1.82, 2.24) is 19.7 Å². The molecule has 4 nitrogen and oxygen atoms in total. The highest BCUT2D eigenvalue weighted by atomic mass is 15.3. The topological polar surface area (TPSA) is 46.5 Å². The van der Waals surface area contributed by atoms with Gasteiger partial charge in [-0.2, -0.15) is 5.10 Å². The molecule has 0 aromatic carbocycles. The first kappa shape index (κ1) is 10.8. The van der Waals surface area contributed by atoms with Crippen LogP contribution in [-0.4, -0.2) is 19.7 Å². The molecule has 0 unspecified atom stereocenters. The molecule has 1 saturated carbocycles. The molecule has 3 heterocycles. The number of nitrogens with one attached hydrogen (secondary N) is 1. The summed E-state index contributed by atoms with van der Waals surface area (Å²) in [5.74, 6) is 0. The lowest BCUT2D eigenvalue weighted by molar-refractivity contribution is 0.467. The Bertz CT molecular complexity index is 704. The predicted octanol–water partition coefficient (Wildman–Crippen LogP) is 3.54. The van der Waals surface area contributed by atoms with Crippen molar-refractivity contribution in [3.8, 4) is 11.1 Å². The minimum Gasteiger partial charge on any atom is -0.346 e. The van der Waals surface area contributed by atoms with Crippen molar-refractivity contribution in [1.29, 1.82) is 0 Å². The summed E-state index contributed by atoms with van der Waals surface area (Å²) in [6.45, 7) is 0. The van der Waals surface area contributed by atoms with Gasteiger partial charge in [0.05, 0.1) is 12.2 Å². The van der Waals surface area contributed by atoms with Crippen molar-refractivity contribution in [3.05, 3.63) is 36.9 Å². The molecule has 3 aromatic rings. The van der Waals surface area contributed by atoms with Gasteiger partial charge < -0.3 is 4.98 Å². The SMILES string of the molecule is c1cc2cc(-c3cnn(C4CCCC4)c3)cnc2[nH]1. The molecule has 4 heteroatoms. The summed E-state index contributed by atoms with van der Waals surface area (Å²) in [7, 11) is 0. The molecule has 0 bridgehead atoms. The Morgan fingerprint density at radius 2 is 2.05 bits per heavy atom. The first-order chi connectivity index (χ1) is 9.40. The molecule has 0 radical (unpaired) electrons. The van der Waals surface area contributed by atoms with Gasteiger partial charge in [0.2, 0.25) is 0 Å². The van der Waals surface area contributed by atoms with Crippen molar-refractivity contribution in [2.24, 2.45) is 0 Å². The van der Waals surface area contributed by atoms with Crippen LogP contribution >= 0.6 is 0 Å². The van der Waals surface area contributed by atoms with Gasteiger partial charge in [0.1, 0.15) is 5.65 Å². The van der Waals surface area contributed by atoms with Crippen molar-refractivity contribution in [3.63, 3.8) is 0 Å². The monoisotopic (exact) mass is 252 g/mol. The van der Waals surface area contributed by atoms with Crippen LogP contribution in [0.25, 0.3) is 22.2 Å². The second-order valence-corrected chi connectivity index (χ2v) is 5.29. The second kappa shape index (κ2) is 4.23. The second-order valence-electron chi connectivity index (χ2n) is 5.29. The van der Waals surface area contributed by atoms with Gasteiger partial charge in [0, 0.05) is 35.1 Å². The van der Waals surface area contributed by atoms with Crippen LogP contribution in [0.4, 0.5) is 0 Å². The van der Waals surface area contributed by atoms with E-state index in [9.17, 15) is 0 Å². The number of fused-ring (bicyclic) bond motifs is 1. The predicted molar refractivity (Wildman–Crippen MR) is 74.8 cm³/mol. The standard InChI is InChI=1S/C15H16N4/c1-2-4-14(3-1)19-10-13(9-18-19)12-7-11-5-6-16-15(11)17-8-12/h5-10,14H,1-4H2,(H,16,17). The lowest BCUT2D eigenvalue weighted by atomic mass is 10.1. The van der Waals surface area contributed by atoms with Crippen LogP contribution in [0.3, 0.4) is 0 Å². The maximum absolute atomic E-state index is 4.52. The van der Waals surface area contributed by atoms with Gasteiger partial charge in [-0.3, -0.25) is 4.68 Å². The molecule has 0 spiro atoms. The Kier molecular flexibility index (Phi) is 2.40. The Hall–Kier alpha value is -2.10. The van der Waals surface area contributed by atoms with Gasteiger partial charge in [-0.05, 0) is 25.0 Å². The normalized spacial score (nSPS) is 16.4. The highest BCUT2D eigenvalue weighted by Gasteiger charge is 2.17. The van der Waals surface area contributed by atoms with E-state index in [1.807, 2.05) is 24.7 Å². The van der Waals surface area contributed by atoms with Gasteiger partial charge in [-0.1, -0.05) is 12.8 Å².